The van der Waals surface area contributed by atoms with Gasteiger partial charge < -0.3 is 33.0 Å². The number of unbranched alkanes of at least 4 members (excludes halogenated alkanes) is 11. The first kappa shape index (κ1) is 53.4. The van der Waals surface area contributed by atoms with E-state index in [0.717, 1.165) is 51.4 Å². The third-order valence-corrected chi connectivity index (χ3v) is 9.57. The van der Waals surface area contributed by atoms with Crippen LogP contribution in [0.3, 0.4) is 0 Å². The van der Waals surface area contributed by atoms with Crippen molar-refractivity contribution in [2.45, 2.75) is 154 Å². The minimum atomic E-state index is -4.69. The average molecular weight is 808 g/mol. The molecule has 0 saturated carbocycles. The van der Waals surface area contributed by atoms with Gasteiger partial charge in [0.05, 0.1) is 33.9 Å². The Morgan fingerprint density at radius 1 is 0.661 bits per heavy atom. The summed E-state index contributed by atoms with van der Waals surface area (Å²) in [6, 6.07) is 0. The molecule has 0 radical (unpaired) electrons. The van der Waals surface area contributed by atoms with E-state index in [1.165, 1.54) is 51.4 Å². The number of hydrogen-bond acceptors (Lipinski definition) is 9. The Kier molecular flexibility index (Phi) is 35.0. The number of carbonyl (C=O) groups is 2. The van der Waals surface area contributed by atoms with Gasteiger partial charge in [-0.15, -0.1) is 0 Å². The molecule has 56 heavy (non-hydrogen) atoms. The Balaban J connectivity index is 4.64. The predicted octanol–water partition coefficient (Wildman–Crippen LogP) is 10.2. The van der Waals surface area contributed by atoms with Crippen molar-refractivity contribution in [3.8, 4) is 0 Å². The molecule has 10 nitrogen and oxygen atoms in total. The van der Waals surface area contributed by atoms with Crippen LogP contribution in [0.25, 0.3) is 0 Å². The highest BCUT2D eigenvalue weighted by atomic mass is 31.2. The maximum absolute atomic E-state index is 12.7. The topological polar surface area (TPSA) is 131 Å². The fraction of sp³-hybridized carbons (Fsp3) is 0.689. The molecule has 11 heteroatoms. The summed E-state index contributed by atoms with van der Waals surface area (Å²) in [6.07, 6.45) is 41.2. The quantitative estimate of drug-likeness (QED) is 0.0163. The van der Waals surface area contributed by atoms with Crippen molar-refractivity contribution in [2.24, 2.45) is 0 Å². The number of carbonyl (C=O) groups excluding carboxylic acids is 2. The van der Waals surface area contributed by atoms with Gasteiger partial charge in [-0.05, 0) is 44.9 Å². The number of aliphatic hydroxyl groups is 1. The second-order valence-corrected chi connectivity index (χ2v) is 16.6. The molecule has 0 saturated heterocycles. The van der Waals surface area contributed by atoms with Crippen LogP contribution in [0.2, 0.25) is 0 Å². The van der Waals surface area contributed by atoms with Crippen molar-refractivity contribution in [2.75, 3.05) is 47.5 Å². The van der Waals surface area contributed by atoms with E-state index in [-0.39, 0.29) is 32.5 Å². The molecule has 0 amide bonds. The predicted molar refractivity (Wildman–Crippen MR) is 228 cm³/mol. The van der Waals surface area contributed by atoms with E-state index in [4.69, 9.17) is 18.5 Å². The molecule has 0 spiro atoms. The van der Waals surface area contributed by atoms with Crippen LogP contribution in [0.15, 0.2) is 72.9 Å². The standard InChI is InChI=1S/C45H78NO9P/c1-6-8-10-12-14-16-18-20-21-22-23-24-26-28-30-32-34-42(47)36-37-45(49)55-43(41-54-56(50,51)53-39-38-46(3,4)5)40-52-44(48)35-33-31-29-27-25-19-17-15-13-11-9-7-2/h8,10,14,16,20-21,23-24,28,30,32,34,42-43,47H,6-7,9,11-13,15,17-19,22,25-27,29,31,33,35-41H2,1-5H3/b10-8-,16-14-,21-20-,24-23-,30-28-,34-32-/t42?,43-/m1/s1. The zero-order chi connectivity index (χ0) is 41.6. The van der Waals surface area contributed by atoms with E-state index in [0.29, 0.717) is 17.4 Å². The molecule has 322 valence electrons. The summed E-state index contributed by atoms with van der Waals surface area (Å²) in [5, 5.41) is 10.3. The Hall–Kier alpha value is -2.59. The molecule has 0 aromatic heterocycles. The van der Waals surface area contributed by atoms with Gasteiger partial charge in [0.15, 0.2) is 6.10 Å². The number of likely N-dealkylation sites (N-methyl/N-ethyl adjacent to an activating group) is 1. The smallest absolute Gasteiger partial charge is 0.306 e. The van der Waals surface area contributed by atoms with Crippen molar-refractivity contribution < 1.29 is 47.2 Å². The molecule has 0 rings (SSSR count). The lowest BCUT2D eigenvalue weighted by atomic mass is 10.0. The molecule has 0 heterocycles. The highest BCUT2D eigenvalue weighted by Crippen LogP contribution is 2.38. The van der Waals surface area contributed by atoms with Crippen molar-refractivity contribution >= 4 is 19.8 Å². The number of nitrogens with zero attached hydrogens (tertiary/aromatic N) is 1. The average Bonchev–Trinajstić information content (AvgIpc) is 3.14. The van der Waals surface area contributed by atoms with Gasteiger partial charge >= 0.3 is 11.9 Å². The second-order valence-electron chi connectivity index (χ2n) is 15.2. The van der Waals surface area contributed by atoms with E-state index in [1.54, 1.807) is 12.2 Å². The van der Waals surface area contributed by atoms with Crippen LogP contribution >= 0.6 is 7.82 Å². The lowest BCUT2D eigenvalue weighted by Gasteiger charge is -2.28. The molecule has 0 aliphatic heterocycles. The summed E-state index contributed by atoms with van der Waals surface area (Å²) in [7, 11) is 1.01. The molecule has 0 fully saturated rings. The van der Waals surface area contributed by atoms with Crippen molar-refractivity contribution in [3.63, 3.8) is 0 Å². The Morgan fingerprint density at radius 2 is 1.18 bits per heavy atom. The number of hydrogen-bond donors (Lipinski definition) is 1. The molecular weight excluding hydrogens is 729 g/mol. The third kappa shape index (κ3) is 39.6. The molecule has 2 unspecified atom stereocenters. The van der Waals surface area contributed by atoms with E-state index >= 15 is 0 Å². The van der Waals surface area contributed by atoms with Crippen molar-refractivity contribution in [3.05, 3.63) is 72.9 Å². The largest absolute Gasteiger partial charge is 0.756 e. The SMILES string of the molecule is CC/C=C\C/C=C\C/C=C\C/C=C\C/C=C\C=C/C(O)CCC(=O)O[C@H](COC(=O)CCCCCCCCCCCCCC)COP(=O)([O-])OCC[N+](C)(C)C. The number of ether oxygens (including phenoxy) is 2. The van der Waals surface area contributed by atoms with E-state index in [9.17, 15) is 24.2 Å². The maximum atomic E-state index is 12.7. The minimum Gasteiger partial charge on any atom is -0.756 e. The molecule has 0 bridgehead atoms. The second kappa shape index (κ2) is 36.7. The summed E-state index contributed by atoms with van der Waals surface area (Å²) in [5.41, 5.74) is 0. The normalized spacial score (nSPS) is 14.9. The van der Waals surface area contributed by atoms with Gasteiger partial charge in [0, 0.05) is 12.8 Å². The molecule has 1 N–H and O–H groups in total. The highest BCUT2D eigenvalue weighted by molar-refractivity contribution is 7.45. The fourth-order valence-corrected chi connectivity index (χ4v) is 5.96. The van der Waals surface area contributed by atoms with Gasteiger partial charge in [0.1, 0.15) is 19.8 Å². The van der Waals surface area contributed by atoms with Crippen LogP contribution in [-0.2, 0) is 32.7 Å². The lowest BCUT2D eigenvalue weighted by Crippen LogP contribution is -2.37. The van der Waals surface area contributed by atoms with Gasteiger partial charge in [0.2, 0.25) is 0 Å². The number of phosphoric ester groups is 1. The summed E-state index contributed by atoms with van der Waals surface area (Å²) in [5.74, 6) is -1.12. The molecule has 3 atom stereocenters. The van der Waals surface area contributed by atoms with Gasteiger partial charge in [0.25, 0.3) is 7.82 Å². The monoisotopic (exact) mass is 808 g/mol. The third-order valence-electron chi connectivity index (χ3n) is 8.61. The first-order chi connectivity index (χ1) is 26.9. The zero-order valence-corrected chi connectivity index (χ0v) is 36.6. The number of phosphoric acid groups is 1. The van der Waals surface area contributed by atoms with Crippen LogP contribution in [0, 0.1) is 0 Å². The summed E-state index contributed by atoms with van der Waals surface area (Å²) in [4.78, 5) is 37.5. The van der Waals surface area contributed by atoms with E-state index in [2.05, 4.69) is 62.5 Å². The van der Waals surface area contributed by atoms with Crippen molar-refractivity contribution in [1.82, 2.24) is 0 Å². The van der Waals surface area contributed by atoms with Crippen LogP contribution in [0.4, 0.5) is 0 Å². The maximum Gasteiger partial charge on any atom is 0.306 e. The summed E-state index contributed by atoms with van der Waals surface area (Å²) in [6.45, 7) is 3.80. The number of esters is 2. The van der Waals surface area contributed by atoms with Crippen molar-refractivity contribution in [1.29, 1.82) is 0 Å². The van der Waals surface area contributed by atoms with E-state index < -0.39 is 38.6 Å². The zero-order valence-electron chi connectivity index (χ0n) is 35.7. The Labute approximate surface area is 341 Å². The number of aliphatic hydroxyl groups excluding tert-OH is 1. The molecule has 0 aromatic rings. The van der Waals surface area contributed by atoms with Crippen LogP contribution < -0.4 is 4.89 Å². The fourth-order valence-electron chi connectivity index (χ4n) is 5.23. The Bertz CT molecular complexity index is 1200. The molecular formula is C45H78NO9P. The van der Waals surface area contributed by atoms with Gasteiger partial charge in [-0.3, -0.25) is 14.2 Å². The first-order valence-corrected chi connectivity index (χ1v) is 22.7. The minimum absolute atomic E-state index is 0.0756. The van der Waals surface area contributed by atoms with Crippen LogP contribution in [0.1, 0.15) is 142 Å². The number of allylic oxidation sites excluding steroid dienone is 11. The lowest BCUT2D eigenvalue weighted by molar-refractivity contribution is -0.870. The van der Waals surface area contributed by atoms with Crippen LogP contribution in [-0.4, -0.2) is 81.2 Å². The molecule has 0 aliphatic carbocycles. The Morgan fingerprint density at radius 3 is 1.71 bits per heavy atom. The van der Waals surface area contributed by atoms with E-state index in [1.807, 2.05) is 33.3 Å². The molecule has 0 aliphatic rings. The molecule has 0 aromatic carbocycles. The highest BCUT2D eigenvalue weighted by Gasteiger charge is 2.22. The van der Waals surface area contributed by atoms with Crippen LogP contribution in [0.5, 0.6) is 0 Å². The summed E-state index contributed by atoms with van der Waals surface area (Å²) >= 11 is 0. The van der Waals surface area contributed by atoms with Gasteiger partial charge in [-0.2, -0.15) is 0 Å². The summed E-state index contributed by atoms with van der Waals surface area (Å²) < 4.78 is 33.6. The first-order valence-electron chi connectivity index (χ1n) is 21.3. The van der Waals surface area contributed by atoms with Gasteiger partial charge in [-0.1, -0.05) is 157 Å². The number of rotatable bonds is 37. The van der Waals surface area contributed by atoms with Gasteiger partial charge in [-0.25, -0.2) is 0 Å². The number of quaternary nitrogens is 1.